The van der Waals surface area contributed by atoms with E-state index in [-0.39, 0.29) is 36.4 Å². The third kappa shape index (κ3) is 6.88. The predicted octanol–water partition coefficient (Wildman–Crippen LogP) is 3.68. The van der Waals surface area contributed by atoms with E-state index in [1.54, 1.807) is 17.0 Å². The molecule has 4 rings (SSSR count). The van der Waals surface area contributed by atoms with Gasteiger partial charge in [-0.05, 0) is 73.4 Å². The molecule has 9 heteroatoms. The third-order valence-electron chi connectivity index (χ3n) is 7.75. The molecule has 2 atom stereocenters. The number of nitrogens with zero attached hydrogens (tertiary/aromatic N) is 2. The number of carbonyl (C=O) groups is 2. The second kappa shape index (κ2) is 11.8. The molecule has 0 radical (unpaired) electrons. The van der Waals surface area contributed by atoms with Crippen LogP contribution in [0, 0.1) is 12.3 Å². The lowest BCUT2D eigenvalue weighted by molar-refractivity contribution is -0.144. The van der Waals surface area contributed by atoms with E-state index >= 15 is 0 Å². The van der Waals surface area contributed by atoms with E-state index in [0.29, 0.717) is 5.41 Å². The number of rotatable bonds is 9. The van der Waals surface area contributed by atoms with Crippen molar-refractivity contribution in [2.45, 2.75) is 83.3 Å². The Morgan fingerprint density at radius 3 is 2.49 bits per heavy atom. The highest BCUT2D eigenvalue weighted by atomic mass is 32.2. The zero-order valence-electron chi connectivity index (χ0n) is 23.6. The summed E-state index contributed by atoms with van der Waals surface area (Å²) >= 11 is 0. The van der Waals surface area contributed by atoms with E-state index in [1.807, 2.05) is 6.92 Å². The largest absolute Gasteiger partial charge is 0.370 e. The van der Waals surface area contributed by atoms with Crippen LogP contribution in [0.25, 0.3) is 0 Å². The first kappa shape index (κ1) is 29.2. The van der Waals surface area contributed by atoms with Crippen LogP contribution < -0.4 is 11.1 Å². The number of aryl methyl sites for hydroxylation is 2. The van der Waals surface area contributed by atoms with Gasteiger partial charge in [0.25, 0.3) is 0 Å². The molecule has 1 aliphatic heterocycles. The third-order valence-corrected chi connectivity index (χ3v) is 9.67. The first-order valence-electron chi connectivity index (χ1n) is 13.9. The molecule has 212 valence electrons. The molecule has 1 heterocycles. The highest BCUT2D eigenvalue weighted by Crippen LogP contribution is 2.37. The van der Waals surface area contributed by atoms with Crippen molar-refractivity contribution in [2.75, 3.05) is 19.6 Å². The highest BCUT2D eigenvalue weighted by Gasteiger charge is 2.45. The van der Waals surface area contributed by atoms with Crippen molar-refractivity contribution in [2.24, 2.45) is 11.1 Å². The Kier molecular flexibility index (Phi) is 8.83. The summed E-state index contributed by atoms with van der Waals surface area (Å²) in [5, 5.41) is 3.54. The molecule has 0 bridgehead atoms. The number of carbonyl (C=O) groups excluding carboxylic acids is 2. The molecule has 1 aliphatic carbocycles. The van der Waals surface area contributed by atoms with Gasteiger partial charge in [0, 0.05) is 19.6 Å². The number of benzene rings is 2. The molecule has 1 fully saturated rings. The average molecular weight is 555 g/mol. The van der Waals surface area contributed by atoms with Crippen molar-refractivity contribution < 1.29 is 18.0 Å². The summed E-state index contributed by atoms with van der Waals surface area (Å²) < 4.78 is 28.2. The Balaban J connectivity index is 1.54. The van der Waals surface area contributed by atoms with Crippen LogP contribution in [0.4, 0.5) is 0 Å². The van der Waals surface area contributed by atoms with E-state index < -0.39 is 22.0 Å². The van der Waals surface area contributed by atoms with Crippen LogP contribution in [-0.4, -0.2) is 55.1 Å². The van der Waals surface area contributed by atoms with Crippen molar-refractivity contribution in [3.05, 3.63) is 64.7 Å². The maximum Gasteiger partial charge on any atom is 0.243 e. The van der Waals surface area contributed by atoms with E-state index in [4.69, 9.17) is 5.73 Å². The summed E-state index contributed by atoms with van der Waals surface area (Å²) in [4.78, 5) is 27.7. The van der Waals surface area contributed by atoms with Crippen LogP contribution in [0.3, 0.4) is 0 Å². The smallest absolute Gasteiger partial charge is 0.243 e. The number of nitrogens with two attached hydrogens (primary N) is 1. The van der Waals surface area contributed by atoms with Gasteiger partial charge in [0.15, 0.2) is 0 Å². The minimum atomic E-state index is -3.98. The van der Waals surface area contributed by atoms with Gasteiger partial charge in [-0.3, -0.25) is 9.59 Å². The molecule has 2 aromatic carbocycles. The molecule has 0 saturated carbocycles. The van der Waals surface area contributed by atoms with E-state index in [2.05, 4.69) is 44.3 Å². The molecule has 1 saturated heterocycles. The zero-order valence-corrected chi connectivity index (χ0v) is 24.4. The fourth-order valence-electron chi connectivity index (χ4n) is 5.58. The number of primary amides is 1. The number of piperazine rings is 1. The topological polar surface area (TPSA) is 113 Å². The van der Waals surface area contributed by atoms with Crippen molar-refractivity contribution in [1.29, 1.82) is 0 Å². The monoisotopic (exact) mass is 554 g/mol. The highest BCUT2D eigenvalue weighted by molar-refractivity contribution is 7.89. The second-order valence-electron chi connectivity index (χ2n) is 12.1. The quantitative estimate of drug-likeness (QED) is 0.459. The number of sulfonamides is 1. The van der Waals surface area contributed by atoms with Crippen LogP contribution >= 0.6 is 0 Å². The summed E-state index contributed by atoms with van der Waals surface area (Å²) in [5.41, 5.74) is 10.3. The number of nitrogens with one attached hydrogen (secondary N) is 1. The summed E-state index contributed by atoms with van der Waals surface area (Å²) in [5.74, 6) is -1.06. The predicted molar refractivity (Wildman–Crippen MR) is 152 cm³/mol. The number of amides is 2. The lowest BCUT2D eigenvalue weighted by Crippen LogP contribution is -2.60. The summed E-state index contributed by atoms with van der Waals surface area (Å²) in [7, 11) is -3.98. The molecule has 0 aromatic heterocycles. The maximum absolute atomic E-state index is 13.8. The van der Waals surface area contributed by atoms with Gasteiger partial charge in [0.2, 0.25) is 21.8 Å². The van der Waals surface area contributed by atoms with Crippen LogP contribution in [0.15, 0.2) is 47.4 Å². The Bertz CT molecular complexity index is 1300. The first-order chi connectivity index (χ1) is 18.4. The minimum Gasteiger partial charge on any atom is -0.370 e. The van der Waals surface area contributed by atoms with Gasteiger partial charge >= 0.3 is 0 Å². The van der Waals surface area contributed by atoms with Crippen molar-refractivity contribution in [1.82, 2.24) is 14.5 Å². The summed E-state index contributed by atoms with van der Waals surface area (Å²) in [6, 6.07) is 11.7. The molecule has 39 heavy (non-hydrogen) atoms. The molecular weight excluding hydrogens is 512 g/mol. The second-order valence-corrected chi connectivity index (χ2v) is 14.0. The Labute approximate surface area is 233 Å². The average Bonchev–Trinajstić information content (AvgIpc) is 2.87. The molecule has 3 N–H and O–H groups in total. The first-order valence-corrected chi connectivity index (χ1v) is 15.3. The summed E-state index contributed by atoms with van der Waals surface area (Å²) in [6.45, 7) is 10.7. The van der Waals surface area contributed by atoms with Crippen LogP contribution in [0.5, 0.6) is 0 Å². The molecule has 2 aliphatic rings. The lowest BCUT2D eigenvalue weighted by Gasteiger charge is -2.44. The van der Waals surface area contributed by atoms with Crippen molar-refractivity contribution in [3.8, 4) is 0 Å². The van der Waals surface area contributed by atoms with Gasteiger partial charge in [-0.2, -0.15) is 4.31 Å². The number of hydrogen-bond acceptors (Lipinski definition) is 5. The fraction of sp³-hybridized carbons (Fsp3) is 0.533. The molecule has 0 spiro atoms. The molecule has 8 nitrogen and oxygen atoms in total. The zero-order chi connectivity index (χ0) is 28.4. The Hall–Kier alpha value is -2.75. The normalized spacial score (nSPS) is 20.6. The Morgan fingerprint density at radius 1 is 1.10 bits per heavy atom. The number of fused-ring (bicyclic) bond motifs is 1. The van der Waals surface area contributed by atoms with Gasteiger partial charge in [-0.25, -0.2) is 8.42 Å². The van der Waals surface area contributed by atoms with Gasteiger partial charge in [0.05, 0.1) is 17.4 Å². The summed E-state index contributed by atoms with van der Waals surface area (Å²) in [6.07, 6.45) is 3.44. The molecule has 2 aromatic rings. The minimum absolute atomic E-state index is 0.107. The standard InChI is InChI=1S/C30H42N4O4S/c1-21-8-11-24(12-9-21)39(37,38)34-17-16-33(29(36)27(34)19-28(31)35)26-7-5-6-23-18-22(10-13-25(23)26)20-32-15-14-30(2,3)4/h8-13,18,26-27,32H,5-7,14-17,19-20H2,1-4H3,(H2,31,35)/t26-,27?/m1/s1. The van der Waals surface area contributed by atoms with Crippen LogP contribution in [-0.2, 0) is 32.6 Å². The van der Waals surface area contributed by atoms with Crippen LogP contribution in [0.2, 0.25) is 0 Å². The van der Waals surface area contributed by atoms with E-state index in [9.17, 15) is 18.0 Å². The molecular formula is C30H42N4O4S. The van der Waals surface area contributed by atoms with Crippen molar-refractivity contribution in [3.63, 3.8) is 0 Å². The van der Waals surface area contributed by atoms with E-state index in [0.717, 1.165) is 54.2 Å². The fourth-order valence-corrected chi connectivity index (χ4v) is 7.15. The Morgan fingerprint density at radius 2 is 1.82 bits per heavy atom. The SMILES string of the molecule is Cc1ccc(S(=O)(=O)N2CCN([C@@H]3CCCc4cc(CNCCC(C)(C)C)ccc43)C(=O)C2CC(N)=O)cc1. The van der Waals surface area contributed by atoms with Gasteiger partial charge in [-0.15, -0.1) is 0 Å². The maximum atomic E-state index is 13.8. The van der Waals surface area contributed by atoms with Gasteiger partial charge in [0.1, 0.15) is 6.04 Å². The molecule has 2 amide bonds. The lowest BCUT2D eigenvalue weighted by atomic mass is 9.85. The van der Waals surface area contributed by atoms with Gasteiger partial charge < -0.3 is 16.0 Å². The van der Waals surface area contributed by atoms with Crippen molar-refractivity contribution >= 4 is 21.8 Å². The van der Waals surface area contributed by atoms with Gasteiger partial charge in [-0.1, -0.05) is 56.7 Å². The molecule has 1 unspecified atom stereocenters. The number of hydrogen-bond donors (Lipinski definition) is 2. The van der Waals surface area contributed by atoms with E-state index in [1.165, 1.54) is 23.3 Å². The van der Waals surface area contributed by atoms with Crippen LogP contribution in [0.1, 0.15) is 74.8 Å².